The minimum absolute atomic E-state index is 0.176. The third-order valence-corrected chi connectivity index (χ3v) is 4.34. The maximum Gasteiger partial charge on any atom is 0.142 e. The summed E-state index contributed by atoms with van der Waals surface area (Å²) < 4.78 is 5.90. The highest BCUT2D eigenvalue weighted by molar-refractivity contribution is 5.60. The summed E-state index contributed by atoms with van der Waals surface area (Å²) in [6.45, 7) is 3.97. The first kappa shape index (κ1) is 13.7. The van der Waals surface area contributed by atoms with Crippen molar-refractivity contribution in [3.8, 4) is 5.75 Å². The van der Waals surface area contributed by atoms with Crippen molar-refractivity contribution in [1.29, 1.82) is 0 Å². The van der Waals surface area contributed by atoms with Gasteiger partial charge in [-0.15, -0.1) is 0 Å². The quantitative estimate of drug-likeness (QED) is 0.794. The number of hydrogen-bond acceptors (Lipinski definition) is 4. The SMILES string of the molecule is CCC1CNc2cc(C(O)C3CCCCN3)ccc2O1. The summed E-state index contributed by atoms with van der Waals surface area (Å²) in [5.41, 5.74) is 1.97. The maximum absolute atomic E-state index is 10.5. The van der Waals surface area contributed by atoms with Crippen molar-refractivity contribution in [3.63, 3.8) is 0 Å². The predicted molar refractivity (Wildman–Crippen MR) is 80.2 cm³/mol. The second-order valence-corrected chi connectivity index (χ2v) is 5.79. The van der Waals surface area contributed by atoms with Crippen molar-refractivity contribution in [3.05, 3.63) is 23.8 Å². The molecule has 1 saturated heterocycles. The van der Waals surface area contributed by atoms with Gasteiger partial charge in [0.1, 0.15) is 11.9 Å². The molecule has 1 aromatic carbocycles. The Kier molecular flexibility index (Phi) is 4.13. The molecule has 20 heavy (non-hydrogen) atoms. The van der Waals surface area contributed by atoms with E-state index in [1.54, 1.807) is 0 Å². The predicted octanol–water partition coefficient (Wildman–Crippen LogP) is 2.45. The standard InChI is InChI=1S/C16H24N2O2/c1-2-12-10-18-14-9-11(6-7-15(14)20-12)16(19)13-5-3-4-8-17-13/h6-7,9,12-13,16-19H,2-5,8,10H2,1H3. The van der Waals surface area contributed by atoms with Crippen LogP contribution in [0.3, 0.4) is 0 Å². The molecule has 1 aromatic rings. The Hall–Kier alpha value is -1.26. The van der Waals surface area contributed by atoms with Gasteiger partial charge in [0.2, 0.25) is 0 Å². The van der Waals surface area contributed by atoms with Gasteiger partial charge in [0.25, 0.3) is 0 Å². The van der Waals surface area contributed by atoms with Gasteiger partial charge in [-0.25, -0.2) is 0 Å². The van der Waals surface area contributed by atoms with E-state index in [4.69, 9.17) is 4.74 Å². The molecule has 0 radical (unpaired) electrons. The number of piperidine rings is 1. The summed E-state index contributed by atoms with van der Waals surface area (Å²) in [5.74, 6) is 0.899. The molecule has 3 rings (SSSR count). The lowest BCUT2D eigenvalue weighted by molar-refractivity contribution is 0.113. The summed E-state index contributed by atoms with van der Waals surface area (Å²) in [6.07, 6.45) is 4.26. The fraction of sp³-hybridized carbons (Fsp3) is 0.625. The highest BCUT2D eigenvalue weighted by Gasteiger charge is 2.24. The summed E-state index contributed by atoms with van der Waals surface area (Å²) in [5, 5.41) is 17.3. The third kappa shape index (κ3) is 2.76. The topological polar surface area (TPSA) is 53.5 Å². The fourth-order valence-corrected chi connectivity index (χ4v) is 3.03. The van der Waals surface area contributed by atoms with Crippen LogP contribution in [0.5, 0.6) is 5.75 Å². The Bertz CT molecular complexity index is 458. The zero-order chi connectivity index (χ0) is 13.9. The van der Waals surface area contributed by atoms with Crippen molar-refractivity contribution in [2.45, 2.75) is 50.9 Å². The number of rotatable bonds is 3. The zero-order valence-electron chi connectivity index (χ0n) is 12.1. The lowest BCUT2D eigenvalue weighted by Crippen LogP contribution is -2.38. The summed E-state index contributed by atoms with van der Waals surface area (Å²) in [7, 11) is 0. The average Bonchev–Trinajstić information content (AvgIpc) is 2.54. The Morgan fingerprint density at radius 1 is 1.40 bits per heavy atom. The number of nitrogens with one attached hydrogen (secondary N) is 2. The van der Waals surface area contributed by atoms with Gasteiger partial charge in [0, 0.05) is 6.04 Å². The molecule has 0 amide bonds. The summed E-state index contributed by atoms with van der Waals surface area (Å²) >= 11 is 0. The molecule has 3 unspecified atom stereocenters. The zero-order valence-corrected chi connectivity index (χ0v) is 12.1. The van der Waals surface area contributed by atoms with Gasteiger partial charge in [0.05, 0.1) is 18.3 Å². The van der Waals surface area contributed by atoms with Crippen LogP contribution in [0.25, 0.3) is 0 Å². The number of aliphatic hydroxyl groups excluding tert-OH is 1. The molecule has 2 aliphatic heterocycles. The molecular weight excluding hydrogens is 252 g/mol. The average molecular weight is 276 g/mol. The second-order valence-electron chi connectivity index (χ2n) is 5.79. The largest absolute Gasteiger partial charge is 0.486 e. The number of anilines is 1. The molecule has 110 valence electrons. The van der Waals surface area contributed by atoms with E-state index in [0.29, 0.717) is 0 Å². The summed E-state index contributed by atoms with van der Waals surface area (Å²) in [4.78, 5) is 0. The molecule has 0 bridgehead atoms. The maximum atomic E-state index is 10.5. The number of hydrogen-bond donors (Lipinski definition) is 3. The minimum atomic E-state index is -0.439. The van der Waals surface area contributed by atoms with Crippen LogP contribution in [0.4, 0.5) is 5.69 Å². The minimum Gasteiger partial charge on any atom is -0.486 e. The van der Waals surface area contributed by atoms with Crippen LogP contribution >= 0.6 is 0 Å². The van der Waals surface area contributed by atoms with Gasteiger partial charge in [0.15, 0.2) is 0 Å². The molecule has 4 heteroatoms. The van der Waals surface area contributed by atoms with Gasteiger partial charge in [-0.3, -0.25) is 0 Å². The van der Waals surface area contributed by atoms with Crippen molar-refractivity contribution < 1.29 is 9.84 Å². The van der Waals surface area contributed by atoms with Crippen LogP contribution in [-0.2, 0) is 0 Å². The van der Waals surface area contributed by atoms with Crippen molar-refractivity contribution in [2.24, 2.45) is 0 Å². The van der Waals surface area contributed by atoms with E-state index in [-0.39, 0.29) is 12.1 Å². The number of ether oxygens (including phenoxy) is 1. The first-order valence-electron chi connectivity index (χ1n) is 7.74. The van der Waals surface area contributed by atoms with Crippen LogP contribution < -0.4 is 15.4 Å². The monoisotopic (exact) mass is 276 g/mol. The molecule has 0 saturated carbocycles. The molecule has 3 atom stereocenters. The third-order valence-electron chi connectivity index (χ3n) is 4.34. The van der Waals surface area contributed by atoms with E-state index in [0.717, 1.165) is 42.9 Å². The number of aliphatic hydroxyl groups is 1. The molecule has 0 aliphatic carbocycles. The molecule has 1 fully saturated rings. The Morgan fingerprint density at radius 2 is 2.30 bits per heavy atom. The highest BCUT2D eigenvalue weighted by atomic mass is 16.5. The van der Waals surface area contributed by atoms with E-state index in [9.17, 15) is 5.11 Å². The lowest BCUT2D eigenvalue weighted by Gasteiger charge is -2.30. The van der Waals surface area contributed by atoms with Crippen LogP contribution in [0.2, 0.25) is 0 Å². The van der Waals surface area contributed by atoms with E-state index in [2.05, 4.69) is 17.6 Å². The van der Waals surface area contributed by atoms with E-state index in [1.807, 2.05) is 18.2 Å². The number of fused-ring (bicyclic) bond motifs is 1. The number of benzene rings is 1. The molecule has 3 N–H and O–H groups in total. The first-order chi connectivity index (χ1) is 9.78. The van der Waals surface area contributed by atoms with Gasteiger partial charge in [-0.2, -0.15) is 0 Å². The van der Waals surface area contributed by atoms with Crippen LogP contribution in [0, 0.1) is 0 Å². The fourth-order valence-electron chi connectivity index (χ4n) is 3.03. The Balaban J connectivity index is 1.75. The van der Waals surface area contributed by atoms with Crippen LogP contribution in [0.15, 0.2) is 18.2 Å². The van der Waals surface area contributed by atoms with Crippen molar-refractivity contribution in [1.82, 2.24) is 5.32 Å². The smallest absolute Gasteiger partial charge is 0.142 e. The van der Waals surface area contributed by atoms with Gasteiger partial charge < -0.3 is 20.5 Å². The Labute approximate surface area is 120 Å². The second kappa shape index (κ2) is 6.02. The Morgan fingerprint density at radius 3 is 3.05 bits per heavy atom. The normalized spacial score (nSPS) is 27.1. The van der Waals surface area contributed by atoms with Crippen LogP contribution in [-0.4, -0.2) is 30.3 Å². The van der Waals surface area contributed by atoms with E-state index < -0.39 is 6.10 Å². The molecule has 2 aliphatic rings. The van der Waals surface area contributed by atoms with Gasteiger partial charge in [-0.1, -0.05) is 19.4 Å². The summed E-state index contributed by atoms with van der Waals surface area (Å²) in [6, 6.07) is 6.17. The van der Waals surface area contributed by atoms with Crippen molar-refractivity contribution in [2.75, 3.05) is 18.4 Å². The van der Waals surface area contributed by atoms with Crippen molar-refractivity contribution >= 4 is 5.69 Å². The van der Waals surface area contributed by atoms with E-state index >= 15 is 0 Å². The molecular formula is C16H24N2O2. The van der Waals surface area contributed by atoms with Gasteiger partial charge in [-0.05, 0) is 43.5 Å². The van der Waals surface area contributed by atoms with E-state index in [1.165, 1.54) is 12.8 Å². The molecule has 0 spiro atoms. The molecule has 4 nitrogen and oxygen atoms in total. The van der Waals surface area contributed by atoms with Crippen LogP contribution in [0.1, 0.15) is 44.3 Å². The highest BCUT2D eigenvalue weighted by Crippen LogP contribution is 2.33. The molecule has 2 heterocycles. The molecule has 0 aromatic heterocycles. The van der Waals surface area contributed by atoms with Gasteiger partial charge >= 0.3 is 0 Å². The first-order valence-corrected chi connectivity index (χ1v) is 7.74. The lowest BCUT2D eigenvalue weighted by atomic mass is 9.94.